The Balaban J connectivity index is 0.00000338. The van der Waals surface area contributed by atoms with Crippen molar-refractivity contribution >= 4 is 46.6 Å². The summed E-state index contributed by atoms with van der Waals surface area (Å²) in [5, 5.41) is 11.5. The first kappa shape index (κ1) is 22.2. The fourth-order valence-corrected chi connectivity index (χ4v) is 2.48. The van der Waals surface area contributed by atoms with Crippen molar-refractivity contribution in [3.63, 3.8) is 0 Å². The zero-order valence-electron chi connectivity index (χ0n) is 15.4. The van der Waals surface area contributed by atoms with Gasteiger partial charge in [0.05, 0.1) is 19.2 Å². The smallest absolute Gasteiger partial charge is 0.239 e. The van der Waals surface area contributed by atoms with Crippen LogP contribution in [-0.4, -0.2) is 45.7 Å². The summed E-state index contributed by atoms with van der Waals surface area (Å²) in [6, 6.07) is 14.7. The van der Waals surface area contributed by atoms with Crippen LogP contribution in [0, 0.1) is 0 Å². The van der Waals surface area contributed by atoms with Gasteiger partial charge in [-0.25, -0.2) is 0 Å². The Labute approximate surface area is 171 Å². The van der Waals surface area contributed by atoms with E-state index in [0.29, 0.717) is 19.1 Å². The average molecular weight is 470 g/mol. The van der Waals surface area contributed by atoms with Crippen LogP contribution < -0.4 is 16.0 Å². The number of carbonyl (C=O) groups is 1. The molecule has 0 aromatic heterocycles. The standard InChI is InChI=1S/C19H26N4O2.HI/c1-14(16-9-8-15-6-4-5-7-17(15)12-16)23-19(20-2)22-13-18(24)21-10-11-25-3;/h4-9,12,14H,10-11,13H2,1-3H3,(H,21,24)(H2,20,22,23);1H. The summed E-state index contributed by atoms with van der Waals surface area (Å²) < 4.78 is 4.90. The lowest BCUT2D eigenvalue weighted by Gasteiger charge is -2.18. The number of nitrogens with one attached hydrogen (secondary N) is 3. The van der Waals surface area contributed by atoms with Gasteiger partial charge in [-0.2, -0.15) is 0 Å². The van der Waals surface area contributed by atoms with E-state index < -0.39 is 0 Å². The molecule has 0 aliphatic carbocycles. The predicted octanol–water partition coefficient (Wildman–Crippen LogP) is 2.45. The normalized spacial score (nSPS) is 12.2. The molecule has 0 heterocycles. The number of guanidine groups is 1. The molecule has 0 spiro atoms. The van der Waals surface area contributed by atoms with Gasteiger partial charge in [0, 0.05) is 20.7 Å². The zero-order valence-corrected chi connectivity index (χ0v) is 17.7. The second-order valence-electron chi connectivity index (χ2n) is 5.74. The van der Waals surface area contributed by atoms with Crippen LogP contribution in [0.2, 0.25) is 0 Å². The molecule has 26 heavy (non-hydrogen) atoms. The number of rotatable bonds is 7. The van der Waals surface area contributed by atoms with E-state index in [2.05, 4.69) is 58.2 Å². The summed E-state index contributed by atoms with van der Waals surface area (Å²) in [5.41, 5.74) is 1.16. The van der Waals surface area contributed by atoms with Crippen molar-refractivity contribution in [1.82, 2.24) is 16.0 Å². The second-order valence-corrected chi connectivity index (χ2v) is 5.74. The van der Waals surface area contributed by atoms with Crippen LogP contribution in [0.5, 0.6) is 0 Å². The molecular weight excluding hydrogens is 443 g/mol. The van der Waals surface area contributed by atoms with E-state index in [1.54, 1.807) is 14.2 Å². The van der Waals surface area contributed by atoms with E-state index in [1.807, 2.05) is 12.1 Å². The second kappa shape index (κ2) is 11.7. The Kier molecular flexibility index (Phi) is 9.97. The van der Waals surface area contributed by atoms with Gasteiger partial charge >= 0.3 is 0 Å². The van der Waals surface area contributed by atoms with Gasteiger partial charge in [-0.05, 0) is 29.3 Å². The van der Waals surface area contributed by atoms with Crippen molar-refractivity contribution in [2.45, 2.75) is 13.0 Å². The number of nitrogens with zero attached hydrogens (tertiary/aromatic N) is 1. The Morgan fingerprint density at radius 2 is 1.88 bits per heavy atom. The minimum absolute atomic E-state index is 0. The molecule has 2 rings (SSSR count). The summed E-state index contributed by atoms with van der Waals surface area (Å²) >= 11 is 0. The summed E-state index contributed by atoms with van der Waals surface area (Å²) in [5.74, 6) is 0.487. The van der Waals surface area contributed by atoms with E-state index >= 15 is 0 Å². The number of aliphatic imine (C=N–C) groups is 1. The number of benzene rings is 2. The maximum absolute atomic E-state index is 11.7. The highest BCUT2D eigenvalue weighted by atomic mass is 127. The highest BCUT2D eigenvalue weighted by molar-refractivity contribution is 14.0. The maximum Gasteiger partial charge on any atom is 0.239 e. The van der Waals surface area contributed by atoms with Gasteiger partial charge in [0.1, 0.15) is 0 Å². The van der Waals surface area contributed by atoms with E-state index in [4.69, 9.17) is 4.74 Å². The molecule has 1 atom stereocenters. The summed E-state index contributed by atoms with van der Waals surface area (Å²) in [4.78, 5) is 15.9. The zero-order chi connectivity index (χ0) is 18.1. The van der Waals surface area contributed by atoms with Crippen LogP contribution in [0.3, 0.4) is 0 Å². The largest absolute Gasteiger partial charge is 0.383 e. The summed E-state index contributed by atoms with van der Waals surface area (Å²) in [7, 11) is 3.29. The molecule has 1 amide bonds. The molecule has 0 aliphatic rings. The van der Waals surface area contributed by atoms with Gasteiger partial charge in [0.2, 0.25) is 5.91 Å². The number of hydrogen-bond donors (Lipinski definition) is 3. The topological polar surface area (TPSA) is 74.8 Å². The molecule has 3 N–H and O–H groups in total. The lowest BCUT2D eigenvalue weighted by Crippen LogP contribution is -2.44. The first-order chi connectivity index (χ1) is 12.1. The number of ether oxygens (including phenoxy) is 1. The molecule has 2 aromatic rings. The fourth-order valence-electron chi connectivity index (χ4n) is 2.48. The molecule has 0 radical (unpaired) electrons. The van der Waals surface area contributed by atoms with Crippen molar-refractivity contribution in [3.8, 4) is 0 Å². The molecule has 7 heteroatoms. The summed E-state index contributed by atoms with van der Waals surface area (Å²) in [6.45, 7) is 3.22. The lowest BCUT2D eigenvalue weighted by atomic mass is 10.0. The molecule has 0 fully saturated rings. The Morgan fingerprint density at radius 3 is 2.58 bits per heavy atom. The molecule has 2 aromatic carbocycles. The van der Waals surface area contributed by atoms with Crippen molar-refractivity contribution in [3.05, 3.63) is 48.0 Å². The van der Waals surface area contributed by atoms with Gasteiger partial charge in [-0.3, -0.25) is 9.79 Å². The third-order valence-corrected chi connectivity index (χ3v) is 3.90. The lowest BCUT2D eigenvalue weighted by molar-refractivity contribution is -0.120. The van der Waals surface area contributed by atoms with Crippen molar-refractivity contribution < 1.29 is 9.53 Å². The quantitative estimate of drug-likeness (QED) is 0.252. The van der Waals surface area contributed by atoms with Crippen LogP contribution in [-0.2, 0) is 9.53 Å². The maximum atomic E-state index is 11.7. The number of hydrogen-bond acceptors (Lipinski definition) is 3. The number of halogens is 1. The van der Waals surface area contributed by atoms with Gasteiger partial charge in [0.15, 0.2) is 5.96 Å². The van der Waals surface area contributed by atoms with E-state index in [1.165, 1.54) is 10.8 Å². The van der Waals surface area contributed by atoms with Gasteiger partial charge < -0.3 is 20.7 Å². The SMILES string of the molecule is CN=C(NCC(=O)NCCOC)NC(C)c1ccc2ccccc2c1.I. The van der Waals surface area contributed by atoms with Crippen LogP contribution in [0.15, 0.2) is 47.5 Å². The molecule has 1 unspecified atom stereocenters. The molecular formula is C19H27IN4O2. The molecule has 142 valence electrons. The highest BCUT2D eigenvalue weighted by Gasteiger charge is 2.09. The van der Waals surface area contributed by atoms with Crippen LogP contribution in [0.25, 0.3) is 10.8 Å². The number of methoxy groups -OCH3 is 1. The van der Waals surface area contributed by atoms with Crippen molar-refractivity contribution in [2.24, 2.45) is 4.99 Å². The number of fused-ring (bicyclic) bond motifs is 1. The molecule has 0 bridgehead atoms. The first-order valence-corrected chi connectivity index (χ1v) is 8.35. The minimum Gasteiger partial charge on any atom is -0.383 e. The third kappa shape index (κ3) is 6.80. The molecule has 0 aliphatic heterocycles. The Hall–Kier alpha value is -1.87. The van der Waals surface area contributed by atoms with E-state index in [9.17, 15) is 4.79 Å². The molecule has 0 saturated carbocycles. The van der Waals surface area contributed by atoms with E-state index in [0.717, 1.165) is 5.56 Å². The predicted molar refractivity (Wildman–Crippen MR) is 117 cm³/mol. The van der Waals surface area contributed by atoms with Crippen LogP contribution >= 0.6 is 24.0 Å². The van der Waals surface area contributed by atoms with Gasteiger partial charge in [0.25, 0.3) is 0 Å². The van der Waals surface area contributed by atoms with Gasteiger partial charge in [-0.15, -0.1) is 24.0 Å². The van der Waals surface area contributed by atoms with Crippen LogP contribution in [0.4, 0.5) is 0 Å². The van der Waals surface area contributed by atoms with Crippen molar-refractivity contribution in [2.75, 3.05) is 33.9 Å². The highest BCUT2D eigenvalue weighted by Crippen LogP contribution is 2.20. The van der Waals surface area contributed by atoms with Crippen LogP contribution in [0.1, 0.15) is 18.5 Å². The Morgan fingerprint density at radius 1 is 1.15 bits per heavy atom. The average Bonchev–Trinajstić information content (AvgIpc) is 2.64. The van der Waals surface area contributed by atoms with Crippen molar-refractivity contribution in [1.29, 1.82) is 0 Å². The monoisotopic (exact) mass is 470 g/mol. The van der Waals surface area contributed by atoms with E-state index in [-0.39, 0.29) is 42.5 Å². The number of carbonyl (C=O) groups excluding carboxylic acids is 1. The minimum atomic E-state index is -0.0987. The fraction of sp³-hybridized carbons (Fsp3) is 0.368. The number of amides is 1. The summed E-state index contributed by atoms with van der Waals surface area (Å²) in [6.07, 6.45) is 0. The van der Waals surface area contributed by atoms with Gasteiger partial charge in [-0.1, -0.05) is 36.4 Å². The molecule has 6 nitrogen and oxygen atoms in total. The molecule has 0 saturated heterocycles. The Bertz CT molecular complexity index is 736. The third-order valence-electron chi connectivity index (χ3n) is 3.90. The first-order valence-electron chi connectivity index (χ1n) is 8.35.